The number of benzene rings is 2. The molecule has 1 unspecified atom stereocenters. The van der Waals surface area contributed by atoms with Crippen LogP contribution in [0.1, 0.15) is 24.1 Å². The molecular weight excluding hydrogens is 273 g/mol. The van der Waals surface area contributed by atoms with Crippen LogP contribution in [0.25, 0.3) is 0 Å². The average Bonchev–Trinajstić information content (AvgIpc) is 2.47. The van der Waals surface area contributed by atoms with Crippen molar-refractivity contribution in [3.63, 3.8) is 0 Å². The highest BCUT2D eigenvalue weighted by molar-refractivity contribution is 5.64. The first-order valence-electron chi connectivity index (χ1n) is 6.22. The van der Waals surface area contributed by atoms with E-state index in [4.69, 9.17) is 5.26 Å². The quantitative estimate of drug-likeness (QED) is 0.685. The third-order valence-corrected chi connectivity index (χ3v) is 3.04. The second kappa shape index (κ2) is 6.01. The molecule has 0 radical (unpaired) electrons. The van der Waals surface area contributed by atoms with E-state index in [1.165, 1.54) is 30.3 Å². The van der Waals surface area contributed by atoms with Crippen LogP contribution in [-0.4, -0.2) is 4.92 Å². The lowest BCUT2D eigenvalue weighted by molar-refractivity contribution is -0.384. The Morgan fingerprint density at radius 2 is 2.10 bits per heavy atom. The lowest BCUT2D eigenvalue weighted by Gasteiger charge is -2.15. The summed E-state index contributed by atoms with van der Waals surface area (Å²) in [6.45, 7) is 1.77. The molecule has 0 aliphatic carbocycles. The Bertz CT molecular complexity index is 725. The van der Waals surface area contributed by atoms with Crippen molar-refractivity contribution in [2.75, 3.05) is 5.32 Å². The minimum absolute atomic E-state index is 0.183. The molecule has 6 heteroatoms. The molecule has 0 spiro atoms. The number of nitriles is 1. The monoisotopic (exact) mass is 285 g/mol. The summed E-state index contributed by atoms with van der Waals surface area (Å²) in [6, 6.07) is 11.7. The third kappa shape index (κ3) is 3.34. The fourth-order valence-corrected chi connectivity index (χ4v) is 1.97. The Hall–Kier alpha value is -2.94. The predicted molar refractivity (Wildman–Crippen MR) is 76.2 cm³/mol. The number of anilines is 1. The second-order valence-corrected chi connectivity index (χ2v) is 4.52. The molecule has 0 aliphatic heterocycles. The fraction of sp³-hybridized carbons (Fsp3) is 0.133. The molecule has 0 aromatic heterocycles. The maximum Gasteiger partial charge on any atom is 0.293 e. The molecule has 21 heavy (non-hydrogen) atoms. The Morgan fingerprint density at radius 3 is 2.71 bits per heavy atom. The van der Waals surface area contributed by atoms with Gasteiger partial charge in [0.25, 0.3) is 5.69 Å². The van der Waals surface area contributed by atoms with Gasteiger partial charge >= 0.3 is 0 Å². The van der Waals surface area contributed by atoms with Crippen molar-refractivity contribution in [1.29, 1.82) is 5.26 Å². The van der Waals surface area contributed by atoms with Crippen molar-refractivity contribution in [2.45, 2.75) is 13.0 Å². The molecule has 1 N–H and O–H groups in total. The lowest BCUT2D eigenvalue weighted by atomic mass is 10.1. The number of nitrogens with one attached hydrogen (secondary N) is 1. The van der Waals surface area contributed by atoms with Gasteiger partial charge in [-0.2, -0.15) is 5.26 Å². The van der Waals surface area contributed by atoms with E-state index in [-0.39, 0.29) is 28.8 Å². The molecular formula is C15H12FN3O2. The van der Waals surface area contributed by atoms with E-state index >= 15 is 0 Å². The summed E-state index contributed by atoms with van der Waals surface area (Å²) in [4.78, 5) is 10.5. The minimum atomic E-state index is -0.554. The largest absolute Gasteiger partial charge is 0.373 e. The van der Waals surface area contributed by atoms with Crippen LogP contribution >= 0.6 is 0 Å². The van der Waals surface area contributed by atoms with Gasteiger partial charge in [-0.15, -0.1) is 0 Å². The maximum absolute atomic E-state index is 13.2. The van der Waals surface area contributed by atoms with Gasteiger partial charge in [-0.3, -0.25) is 10.1 Å². The Morgan fingerprint density at radius 1 is 1.33 bits per heavy atom. The predicted octanol–water partition coefficient (Wildman–Crippen LogP) is 3.78. The number of nitro benzene ring substituents is 1. The van der Waals surface area contributed by atoms with Gasteiger partial charge in [0.05, 0.1) is 16.6 Å². The van der Waals surface area contributed by atoms with Gasteiger partial charge in [-0.05, 0) is 36.8 Å². The molecule has 0 saturated heterocycles. The summed E-state index contributed by atoms with van der Waals surface area (Å²) >= 11 is 0. The molecule has 1 atom stereocenters. The summed E-state index contributed by atoms with van der Waals surface area (Å²) in [5.74, 6) is -0.365. The lowest BCUT2D eigenvalue weighted by Crippen LogP contribution is -2.08. The first-order valence-corrected chi connectivity index (χ1v) is 6.22. The van der Waals surface area contributed by atoms with Crippen molar-refractivity contribution < 1.29 is 9.31 Å². The van der Waals surface area contributed by atoms with Crippen LogP contribution in [0, 0.1) is 27.3 Å². The van der Waals surface area contributed by atoms with Crippen LogP contribution in [0.2, 0.25) is 0 Å². The highest BCUT2D eigenvalue weighted by Crippen LogP contribution is 2.29. The van der Waals surface area contributed by atoms with E-state index in [2.05, 4.69) is 5.32 Å². The normalized spacial score (nSPS) is 11.5. The fourth-order valence-electron chi connectivity index (χ4n) is 1.97. The number of halogens is 1. The van der Waals surface area contributed by atoms with Crippen molar-refractivity contribution >= 4 is 11.4 Å². The molecule has 2 aromatic rings. The third-order valence-electron chi connectivity index (χ3n) is 3.04. The molecule has 0 fully saturated rings. The van der Waals surface area contributed by atoms with E-state index in [1.807, 2.05) is 6.07 Å². The van der Waals surface area contributed by atoms with E-state index < -0.39 is 4.92 Å². The number of nitrogens with zero attached hydrogens (tertiary/aromatic N) is 2. The van der Waals surface area contributed by atoms with Crippen LogP contribution in [0.3, 0.4) is 0 Å². The highest BCUT2D eigenvalue weighted by Gasteiger charge is 2.17. The Balaban J connectivity index is 2.31. The summed E-state index contributed by atoms with van der Waals surface area (Å²) in [7, 11) is 0. The van der Waals surface area contributed by atoms with E-state index in [1.54, 1.807) is 19.1 Å². The summed E-state index contributed by atoms with van der Waals surface area (Å²) in [6.07, 6.45) is 0. The summed E-state index contributed by atoms with van der Waals surface area (Å²) in [5, 5.41) is 22.8. The molecule has 0 heterocycles. The first kappa shape index (κ1) is 14.5. The van der Waals surface area contributed by atoms with Crippen LogP contribution in [-0.2, 0) is 0 Å². The van der Waals surface area contributed by atoms with Crippen LogP contribution in [0.5, 0.6) is 0 Å². The van der Waals surface area contributed by atoms with Gasteiger partial charge in [0.15, 0.2) is 0 Å². The van der Waals surface area contributed by atoms with Gasteiger partial charge in [0, 0.05) is 12.1 Å². The Labute approximate surface area is 120 Å². The van der Waals surface area contributed by atoms with Crippen LogP contribution in [0.15, 0.2) is 42.5 Å². The SMILES string of the molecule is CC(Nc1ccc(C#N)cc1[N+](=O)[O-])c1cccc(F)c1. The van der Waals surface area contributed by atoms with Gasteiger partial charge in [-0.1, -0.05) is 12.1 Å². The summed E-state index contributed by atoms with van der Waals surface area (Å²) < 4.78 is 13.2. The molecule has 0 amide bonds. The molecule has 0 aliphatic rings. The zero-order valence-electron chi connectivity index (χ0n) is 11.2. The van der Waals surface area contributed by atoms with E-state index in [0.29, 0.717) is 5.56 Å². The van der Waals surface area contributed by atoms with Crippen LogP contribution < -0.4 is 5.32 Å². The zero-order chi connectivity index (χ0) is 15.4. The first-order chi connectivity index (χ1) is 10.0. The molecule has 2 rings (SSSR count). The topological polar surface area (TPSA) is 79.0 Å². The van der Waals surface area contributed by atoms with Gasteiger partial charge in [-0.25, -0.2) is 4.39 Å². The smallest absolute Gasteiger partial charge is 0.293 e. The average molecular weight is 285 g/mol. The number of rotatable bonds is 4. The molecule has 106 valence electrons. The molecule has 0 bridgehead atoms. The van der Waals surface area contributed by atoms with Gasteiger partial charge < -0.3 is 5.32 Å². The number of hydrogen-bond donors (Lipinski definition) is 1. The summed E-state index contributed by atoms with van der Waals surface area (Å²) in [5.41, 5.74) is 0.993. The van der Waals surface area contributed by atoms with Crippen LogP contribution in [0.4, 0.5) is 15.8 Å². The van der Waals surface area contributed by atoms with E-state index in [9.17, 15) is 14.5 Å². The Kier molecular flexibility index (Phi) is 4.14. The molecule has 2 aromatic carbocycles. The zero-order valence-corrected chi connectivity index (χ0v) is 11.2. The molecule has 5 nitrogen and oxygen atoms in total. The molecule has 0 saturated carbocycles. The van der Waals surface area contributed by atoms with Crippen molar-refractivity contribution in [2.24, 2.45) is 0 Å². The van der Waals surface area contributed by atoms with Gasteiger partial charge in [0.2, 0.25) is 0 Å². The van der Waals surface area contributed by atoms with Crippen molar-refractivity contribution in [1.82, 2.24) is 0 Å². The number of hydrogen-bond acceptors (Lipinski definition) is 4. The number of nitro groups is 1. The van der Waals surface area contributed by atoms with Crippen molar-refractivity contribution in [3.8, 4) is 6.07 Å². The minimum Gasteiger partial charge on any atom is -0.373 e. The highest BCUT2D eigenvalue weighted by atomic mass is 19.1. The second-order valence-electron chi connectivity index (χ2n) is 4.52. The van der Waals surface area contributed by atoms with E-state index in [0.717, 1.165) is 0 Å². The van der Waals surface area contributed by atoms with Gasteiger partial charge in [0.1, 0.15) is 11.5 Å². The maximum atomic E-state index is 13.2. The van der Waals surface area contributed by atoms with Crippen molar-refractivity contribution in [3.05, 3.63) is 69.5 Å². The standard InChI is InChI=1S/C15H12FN3O2/c1-10(12-3-2-4-13(16)8-12)18-14-6-5-11(9-17)7-15(14)19(20)21/h2-8,10,18H,1H3.